The lowest BCUT2D eigenvalue weighted by Gasteiger charge is -2.08. The number of nitrogens with zero attached hydrogens (tertiary/aromatic N) is 1. The van der Waals surface area contributed by atoms with E-state index in [0.29, 0.717) is 12.5 Å². The molecule has 0 radical (unpaired) electrons. The van der Waals surface area contributed by atoms with Crippen LogP contribution in [0.5, 0.6) is 5.75 Å². The third-order valence-electron chi connectivity index (χ3n) is 4.93. The van der Waals surface area contributed by atoms with Crippen LogP contribution in [0.2, 0.25) is 0 Å². The van der Waals surface area contributed by atoms with Gasteiger partial charge in [-0.25, -0.2) is 4.98 Å². The fraction of sp³-hybridized carbons (Fsp3) is 0.261. The zero-order valence-electron chi connectivity index (χ0n) is 15.8. The van der Waals surface area contributed by atoms with Crippen LogP contribution >= 0.6 is 0 Å². The highest BCUT2D eigenvalue weighted by Gasteiger charge is 2.13. The second-order valence-electron chi connectivity index (χ2n) is 6.87. The molecule has 0 bridgehead atoms. The molecule has 0 spiro atoms. The normalized spacial score (nSPS) is 14.0. The van der Waals surface area contributed by atoms with Crippen LogP contribution in [-0.4, -0.2) is 24.7 Å². The molecule has 2 heterocycles. The fourth-order valence-electron chi connectivity index (χ4n) is 3.36. The van der Waals surface area contributed by atoms with Crippen molar-refractivity contribution in [3.63, 3.8) is 0 Å². The molecule has 0 amide bonds. The zero-order valence-corrected chi connectivity index (χ0v) is 15.8. The Balaban J connectivity index is 1.36. The van der Waals surface area contributed by atoms with Gasteiger partial charge in [-0.15, -0.1) is 0 Å². The number of rotatable bonds is 6. The first-order valence-corrected chi connectivity index (χ1v) is 9.35. The summed E-state index contributed by atoms with van der Waals surface area (Å²) in [6.45, 7) is 6.64. The Morgan fingerprint density at radius 3 is 2.44 bits per heavy atom. The average Bonchev–Trinajstić information content (AvgIpc) is 3.29. The van der Waals surface area contributed by atoms with Gasteiger partial charge in [-0.3, -0.25) is 0 Å². The van der Waals surface area contributed by atoms with Crippen molar-refractivity contribution in [3.05, 3.63) is 77.2 Å². The summed E-state index contributed by atoms with van der Waals surface area (Å²) >= 11 is 0. The standard InChI is InChI=1S/C23H24N2O2/c1-16-14-24-15-21(16)18-8-10-20(11-9-18)26-13-12-22-17(2)27-23(25-22)19-6-4-3-5-7-19/h3-11,24H,12-15H2,1-2H3. The van der Waals surface area contributed by atoms with E-state index < -0.39 is 0 Å². The molecular formula is C23H24N2O2. The summed E-state index contributed by atoms with van der Waals surface area (Å²) in [5, 5.41) is 3.39. The van der Waals surface area contributed by atoms with Gasteiger partial charge in [0.15, 0.2) is 0 Å². The smallest absolute Gasteiger partial charge is 0.226 e. The molecule has 138 valence electrons. The van der Waals surface area contributed by atoms with Crippen LogP contribution in [0.1, 0.15) is 23.9 Å². The van der Waals surface area contributed by atoms with Crippen LogP contribution in [0.25, 0.3) is 17.0 Å². The van der Waals surface area contributed by atoms with Crippen molar-refractivity contribution in [1.82, 2.24) is 10.3 Å². The van der Waals surface area contributed by atoms with Gasteiger partial charge in [0.2, 0.25) is 5.89 Å². The van der Waals surface area contributed by atoms with E-state index in [-0.39, 0.29) is 0 Å². The summed E-state index contributed by atoms with van der Waals surface area (Å²) in [7, 11) is 0. The summed E-state index contributed by atoms with van der Waals surface area (Å²) in [5.41, 5.74) is 6.02. The molecule has 0 unspecified atom stereocenters. The van der Waals surface area contributed by atoms with Gasteiger partial charge in [0.1, 0.15) is 11.5 Å². The van der Waals surface area contributed by atoms with E-state index in [1.54, 1.807) is 0 Å². The molecule has 0 aliphatic carbocycles. The Hall–Kier alpha value is -2.85. The predicted octanol–water partition coefficient (Wildman–Crippen LogP) is 4.65. The van der Waals surface area contributed by atoms with Crippen molar-refractivity contribution in [2.24, 2.45) is 0 Å². The number of benzene rings is 2. The van der Waals surface area contributed by atoms with Crippen molar-refractivity contribution in [2.45, 2.75) is 20.3 Å². The number of ether oxygens (including phenoxy) is 1. The molecule has 27 heavy (non-hydrogen) atoms. The van der Waals surface area contributed by atoms with Crippen LogP contribution in [0.4, 0.5) is 0 Å². The summed E-state index contributed by atoms with van der Waals surface area (Å²) in [5.74, 6) is 2.40. The monoisotopic (exact) mass is 360 g/mol. The van der Waals surface area contributed by atoms with Crippen LogP contribution < -0.4 is 10.1 Å². The van der Waals surface area contributed by atoms with E-state index in [9.17, 15) is 0 Å². The van der Waals surface area contributed by atoms with Gasteiger partial charge in [0.05, 0.1) is 12.3 Å². The number of hydrogen-bond donors (Lipinski definition) is 1. The van der Waals surface area contributed by atoms with Gasteiger partial charge < -0.3 is 14.5 Å². The van der Waals surface area contributed by atoms with E-state index in [0.717, 1.165) is 42.3 Å². The maximum Gasteiger partial charge on any atom is 0.226 e. The number of aromatic nitrogens is 1. The Morgan fingerprint density at radius 2 is 1.74 bits per heavy atom. The number of hydrogen-bond acceptors (Lipinski definition) is 4. The Bertz CT molecular complexity index is 940. The zero-order chi connectivity index (χ0) is 18.6. The van der Waals surface area contributed by atoms with E-state index in [2.05, 4.69) is 29.4 Å². The van der Waals surface area contributed by atoms with Gasteiger partial charge in [0.25, 0.3) is 0 Å². The van der Waals surface area contributed by atoms with E-state index in [1.165, 1.54) is 16.7 Å². The van der Waals surface area contributed by atoms with Crippen molar-refractivity contribution >= 4 is 5.57 Å². The SMILES string of the molecule is CC1=C(c2ccc(OCCc3nc(-c4ccccc4)oc3C)cc2)CNC1. The minimum atomic E-state index is 0.574. The van der Waals surface area contributed by atoms with Gasteiger partial charge >= 0.3 is 0 Å². The third-order valence-corrected chi connectivity index (χ3v) is 4.93. The molecule has 1 N–H and O–H groups in total. The molecular weight excluding hydrogens is 336 g/mol. The molecule has 4 heteroatoms. The molecule has 1 aliphatic rings. The van der Waals surface area contributed by atoms with Crippen molar-refractivity contribution in [2.75, 3.05) is 19.7 Å². The molecule has 0 fully saturated rings. The van der Waals surface area contributed by atoms with E-state index in [1.807, 2.05) is 49.4 Å². The maximum atomic E-state index is 5.91. The van der Waals surface area contributed by atoms with Crippen LogP contribution in [0, 0.1) is 6.92 Å². The number of nitrogens with one attached hydrogen (secondary N) is 1. The average molecular weight is 360 g/mol. The molecule has 0 atom stereocenters. The lowest BCUT2D eigenvalue weighted by molar-refractivity contribution is 0.320. The summed E-state index contributed by atoms with van der Waals surface area (Å²) in [4.78, 5) is 4.63. The van der Waals surface area contributed by atoms with E-state index >= 15 is 0 Å². The lowest BCUT2D eigenvalue weighted by Crippen LogP contribution is -2.08. The highest BCUT2D eigenvalue weighted by Crippen LogP contribution is 2.24. The maximum absolute atomic E-state index is 5.91. The number of aryl methyl sites for hydroxylation is 1. The second kappa shape index (κ2) is 7.80. The largest absolute Gasteiger partial charge is 0.493 e. The topological polar surface area (TPSA) is 47.3 Å². The first-order valence-electron chi connectivity index (χ1n) is 9.35. The van der Waals surface area contributed by atoms with Gasteiger partial charge in [-0.05, 0) is 49.2 Å². The third kappa shape index (κ3) is 3.96. The highest BCUT2D eigenvalue weighted by atomic mass is 16.5. The minimum Gasteiger partial charge on any atom is -0.493 e. The summed E-state index contributed by atoms with van der Waals surface area (Å²) in [6.07, 6.45) is 0.720. The summed E-state index contributed by atoms with van der Waals surface area (Å²) < 4.78 is 11.7. The van der Waals surface area contributed by atoms with E-state index in [4.69, 9.17) is 9.15 Å². The van der Waals surface area contributed by atoms with Crippen molar-refractivity contribution < 1.29 is 9.15 Å². The Morgan fingerprint density at radius 1 is 0.963 bits per heavy atom. The molecule has 1 aromatic heterocycles. The van der Waals surface area contributed by atoms with Gasteiger partial charge in [-0.1, -0.05) is 35.9 Å². The van der Waals surface area contributed by atoms with Crippen LogP contribution in [-0.2, 0) is 6.42 Å². The van der Waals surface area contributed by atoms with Gasteiger partial charge in [0, 0.05) is 25.1 Å². The summed E-state index contributed by atoms with van der Waals surface area (Å²) in [6, 6.07) is 18.3. The van der Waals surface area contributed by atoms with Crippen LogP contribution in [0.3, 0.4) is 0 Å². The van der Waals surface area contributed by atoms with Crippen LogP contribution in [0.15, 0.2) is 64.6 Å². The molecule has 2 aromatic carbocycles. The second-order valence-corrected chi connectivity index (χ2v) is 6.87. The van der Waals surface area contributed by atoms with Gasteiger partial charge in [-0.2, -0.15) is 0 Å². The predicted molar refractivity (Wildman–Crippen MR) is 108 cm³/mol. The molecule has 4 nitrogen and oxygen atoms in total. The minimum absolute atomic E-state index is 0.574. The quantitative estimate of drug-likeness (QED) is 0.695. The Kier molecular flexibility index (Phi) is 5.07. The first kappa shape index (κ1) is 17.6. The lowest BCUT2D eigenvalue weighted by atomic mass is 10.0. The molecule has 0 saturated heterocycles. The molecule has 1 aliphatic heterocycles. The highest BCUT2D eigenvalue weighted by molar-refractivity contribution is 5.72. The number of oxazole rings is 1. The fourth-order valence-corrected chi connectivity index (χ4v) is 3.36. The van der Waals surface area contributed by atoms with Crippen molar-refractivity contribution in [1.29, 1.82) is 0 Å². The first-order chi connectivity index (χ1) is 13.2. The molecule has 4 rings (SSSR count). The van der Waals surface area contributed by atoms with Crippen molar-refractivity contribution in [3.8, 4) is 17.2 Å². The molecule has 0 saturated carbocycles. The molecule has 3 aromatic rings. The Labute approximate surface area is 159 Å².